The van der Waals surface area contributed by atoms with Crippen molar-refractivity contribution < 1.29 is 4.42 Å². The van der Waals surface area contributed by atoms with Crippen molar-refractivity contribution in [3.05, 3.63) is 158 Å². The van der Waals surface area contributed by atoms with Crippen molar-refractivity contribution in [3.8, 4) is 16.8 Å². The van der Waals surface area contributed by atoms with Crippen molar-refractivity contribution in [1.29, 1.82) is 0 Å². The topological polar surface area (TPSA) is 26.2 Å². The quantitative estimate of drug-likeness (QED) is 0.179. The summed E-state index contributed by atoms with van der Waals surface area (Å²) in [4.78, 5) is 2.33. The molecule has 4 nitrogen and oxygen atoms in total. The van der Waals surface area contributed by atoms with E-state index in [4.69, 9.17) is 4.42 Å². The number of hydrogen-bond donors (Lipinski definition) is 0. The highest BCUT2D eigenvalue weighted by molar-refractivity contribution is 6.91. The predicted molar refractivity (Wildman–Crippen MR) is 204 cm³/mol. The molecule has 2 aliphatic heterocycles. The van der Waals surface area contributed by atoms with Gasteiger partial charge in [-0.15, -0.1) is 0 Å². The fraction of sp³-hybridized carbons (Fsp3) is 0. The van der Waals surface area contributed by atoms with E-state index in [1.165, 1.54) is 71.4 Å². The number of para-hydroxylation sites is 5. The second-order valence-corrected chi connectivity index (χ2v) is 13.3. The molecule has 5 heteroatoms. The zero-order valence-electron chi connectivity index (χ0n) is 26.3. The lowest BCUT2D eigenvalue weighted by molar-refractivity contribution is 0.622. The molecule has 0 N–H and O–H groups in total. The van der Waals surface area contributed by atoms with Crippen molar-refractivity contribution in [2.75, 3.05) is 4.90 Å². The van der Waals surface area contributed by atoms with E-state index in [1.807, 2.05) is 0 Å². The van der Waals surface area contributed by atoms with Crippen LogP contribution < -0.4 is 15.8 Å². The molecule has 0 fully saturated rings. The smallest absolute Gasteiger partial charge is 0.337 e. The van der Waals surface area contributed by atoms with E-state index in [0.717, 1.165) is 28.2 Å². The van der Waals surface area contributed by atoms with Crippen molar-refractivity contribution in [3.63, 3.8) is 0 Å². The number of fused-ring (bicyclic) bond motifs is 12. The van der Waals surface area contributed by atoms with Gasteiger partial charge in [0.1, 0.15) is 5.58 Å². The lowest BCUT2D eigenvalue weighted by Crippen LogP contribution is -2.56. The monoisotopic (exact) mass is 623 g/mol. The first-order valence-corrected chi connectivity index (χ1v) is 16.9. The van der Waals surface area contributed by atoms with E-state index in [9.17, 15) is 0 Å². The summed E-state index contributed by atoms with van der Waals surface area (Å²) in [6.45, 7) is -0.0698. The van der Waals surface area contributed by atoms with Crippen molar-refractivity contribution in [1.82, 2.24) is 9.05 Å². The molecule has 0 saturated carbocycles. The minimum absolute atomic E-state index is 0.0698. The third-order valence-electron chi connectivity index (χ3n) is 10.9. The van der Waals surface area contributed by atoms with Gasteiger partial charge in [0.05, 0.1) is 11.0 Å². The van der Waals surface area contributed by atoms with Crippen molar-refractivity contribution in [2.24, 2.45) is 0 Å². The van der Waals surface area contributed by atoms with E-state index in [-0.39, 0.29) is 6.85 Å². The van der Waals surface area contributed by atoms with Crippen LogP contribution in [0.1, 0.15) is 0 Å². The molecule has 226 valence electrons. The van der Waals surface area contributed by atoms with E-state index in [2.05, 4.69) is 172 Å². The molecular weight excluding hydrogens is 597 g/mol. The van der Waals surface area contributed by atoms with Crippen LogP contribution in [0.2, 0.25) is 0 Å². The molecule has 0 bridgehead atoms. The van der Waals surface area contributed by atoms with Crippen LogP contribution in [0.5, 0.6) is 0 Å². The Labute approximate surface area is 281 Å². The van der Waals surface area contributed by atoms with Crippen LogP contribution in [0.3, 0.4) is 0 Å². The molecule has 7 aromatic carbocycles. The number of benzene rings is 7. The summed E-state index contributed by atoms with van der Waals surface area (Å²) in [6, 6.07) is 57.2. The Kier molecular flexibility index (Phi) is 4.77. The van der Waals surface area contributed by atoms with Crippen LogP contribution in [0.4, 0.5) is 17.3 Å². The number of nitrogens with zero attached hydrogens (tertiary/aromatic N) is 3. The van der Waals surface area contributed by atoms with Gasteiger partial charge in [0.25, 0.3) is 0 Å². The van der Waals surface area contributed by atoms with Crippen LogP contribution in [0.15, 0.2) is 162 Å². The average molecular weight is 624 g/mol. The maximum absolute atomic E-state index is 6.87. The summed E-state index contributed by atoms with van der Waals surface area (Å²) < 4.78 is 11.9. The van der Waals surface area contributed by atoms with Crippen LogP contribution in [0.25, 0.3) is 71.4 Å². The highest BCUT2D eigenvalue weighted by Gasteiger charge is 2.45. The maximum Gasteiger partial charge on any atom is 0.337 e. The Morgan fingerprint density at radius 2 is 1.10 bits per heavy atom. The van der Waals surface area contributed by atoms with Crippen LogP contribution >= 0.6 is 0 Å². The molecule has 12 rings (SSSR count). The molecule has 0 aliphatic carbocycles. The Balaban J connectivity index is 1.27. The summed E-state index contributed by atoms with van der Waals surface area (Å²) in [5.41, 5.74) is 14.3. The lowest BCUT2D eigenvalue weighted by Gasteiger charge is -2.37. The average Bonchev–Trinajstić information content (AvgIpc) is 3.81. The zero-order chi connectivity index (χ0) is 31.8. The molecule has 0 radical (unpaired) electrons. The molecule has 2 aliphatic rings. The summed E-state index contributed by atoms with van der Waals surface area (Å²) >= 11 is 0. The fourth-order valence-corrected chi connectivity index (χ4v) is 9.00. The molecule has 0 unspecified atom stereocenters. The summed E-state index contributed by atoms with van der Waals surface area (Å²) in [7, 11) is 0. The van der Waals surface area contributed by atoms with E-state index < -0.39 is 0 Å². The molecule has 0 atom stereocenters. The summed E-state index contributed by atoms with van der Waals surface area (Å²) in [5.74, 6) is 0.887. The summed E-state index contributed by atoms with van der Waals surface area (Å²) in [6.07, 6.45) is 0. The molecule has 0 spiro atoms. The molecule has 49 heavy (non-hydrogen) atoms. The van der Waals surface area contributed by atoms with Crippen LogP contribution in [-0.4, -0.2) is 15.9 Å². The molecule has 0 saturated heterocycles. The van der Waals surface area contributed by atoms with Gasteiger partial charge in [-0.1, -0.05) is 103 Å². The van der Waals surface area contributed by atoms with Gasteiger partial charge < -0.3 is 13.5 Å². The Morgan fingerprint density at radius 1 is 0.449 bits per heavy atom. The van der Waals surface area contributed by atoms with Gasteiger partial charge in [-0.2, -0.15) is 0 Å². The second-order valence-electron chi connectivity index (χ2n) is 13.3. The number of aromatic nitrogens is 2. The first-order chi connectivity index (χ1) is 24.3. The van der Waals surface area contributed by atoms with Gasteiger partial charge in [0.2, 0.25) is 5.88 Å². The first-order valence-electron chi connectivity index (χ1n) is 16.9. The second kappa shape index (κ2) is 9.12. The summed E-state index contributed by atoms with van der Waals surface area (Å²) in [5, 5.41) is 6.20. The zero-order valence-corrected chi connectivity index (χ0v) is 26.3. The lowest BCUT2D eigenvalue weighted by atomic mass is 9.45. The van der Waals surface area contributed by atoms with Gasteiger partial charge in [0.15, 0.2) is 0 Å². The number of furan rings is 1. The standard InChI is InChI=1S/C44H26BN3O/c1-3-13-27(14-4-1)46-36-22-9-7-17-29(36)34-26-39-35(25-38(34)46)32-21-11-20-31-30-19-12-23-37-41(30)45(48(39)43(31)32)42-33-18-8-10-24-40(33)49-44(42)47(37)28-15-5-2-6-16-28/h1-26H. The molecule has 10 aromatic rings. The predicted octanol–water partition coefficient (Wildman–Crippen LogP) is 10.1. The third-order valence-corrected chi connectivity index (χ3v) is 10.9. The number of hydrogen-bond acceptors (Lipinski definition) is 2. The number of rotatable bonds is 2. The van der Waals surface area contributed by atoms with Crippen molar-refractivity contribution in [2.45, 2.75) is 0 Å². The number of anilines is 3. The molecular formula is C44H26BN3O. The van der Waals surface area contributed by atoms with Gasteiger partial charge in [0, 0.05) is 66.1 Å². The Bertz CT molecular complexity index is 3010. The van der Waals surface area contributed by atoms with Gasteiger partial charge in [-0.3, -0.25) is 4.90 Å². The minimum Gasteiger partial charge on any atom is -0.440 e. The van der Waals surface area contributed by atoms with Gasteiger partial charge >= 0.3 is 6.85 Å². The van der Waals surface area contributed by atoms with E-state index in [1.54, 1.807) is 0 Å². The van der Waals surface area contributed by atoms with Crippen LogP contribution in [0, 0.1) is 0 Å². The molecule has 3 aromatic heterocycles. The van der Waals surface area contributed by atoms with Gasteiger partial charge in [-0.25, -0.2) is 0 Å². The van der Waals surface area contributed by atoms with E-state index >= 15 is 0 Å². The SMILES string of the molecule is c1ccc(N2c3cccc4c3B(c3c2oc2ccccc32)n2c3cc5c6ccccc6n(-c6ccccc6)c5cc3c3cccc-4c32)cc1. The fourth-order valence-electron chi connectivity index (χ4n) is 9.00. The van der Waals surface area contributed by atoms with Gasteiger partial charge in [-0.05, 0) is 65.6 Å². The highest BCUT2D eigenvalue weighted by Crippen LogP contribution is 2.47. The first kappa shape index (κ1) is 25.6. The normalized spacial score (nSPS) is 13.2. The Hall–Kier alpha value is -6.46. The van der Waals surface area contributed by atoms with Crippen LogP contribution in [-0.2, 0) is 0 Å². The largest absolute Gasteiger partial charge is 0.440 e. The molecule has 0 amide bonds. The third kappa shape index (κ3) is 3.15. The highest BCUT2D eigenvalue weighted by atomic mass is 16.4. The van der Waals surface area contributed by atoms with Crippen molar-refractivity contribution >= 4 is 89.6 Å². The maximum atomic E-state index is 6.87. The van der Waals surface area contributed by atoms with E-state index in [0.29, 0.717) is 0 Å². The minimum atomic E-state index is -0.0698. The molecule has 5 heterocycles. The Morgan fingerprint density at radius 3 is 1.96 bits per heavy atom.